The van der Waals surface area contributed by atoms with E-state index in [1.165, 1.54) is 72.2 Å². The summed E-state index contributed by atoms with van der Waals surface area (Å²) in [6, 6.07) is 29.7. The van der Waals surface area contributed by atoms with Gasteiger partial charge >= 0.3 is 21.7 Å². The van der Waals surface area contributed by atoms with Crippen molar-refractivity contribution in [1.29, 1.82) is 0 Å². The van der Waals surface area contributed by atoms with Gasteiger partial charge in [-0.05, 0) is 73.6 Å². The third-order valence-electron chi connectivity index (χ3n) is 8.67. The zero-order chi connectivity index (χ0) is 33.6. The molecule has 0 fully saturated rings. The Bertz CT molecular complexity index is 1570. The molecule has 0 aliphatic heterocycles. The van der Waals surface area contributed by atoms with Crippen molar-refractivity contribution in [3.05, 3.63) is 178 Å². The Balaban J connectivity index is 0.000000169. The minimum Gasteiger partial charge on any atom is -0.354 e. The van der Waals surface area contributed by atoms with Crippen LogP contribution in [0.1, 0.15) is 59.1 Å². The van der Waals surface area contributed by atoms with Crippen molar-refractivity contribution < 1.29 is 39.3 Å². The van der Waals surface area contributed by atoms with Crippen LogP contribution in [0.15, 0.2) is 110 Å². The van der Waals surface area contributed by atoms with Gasteiger partial charge < -0.3 is 9.13 Å². The molecule has 0 saturated carbocycles. The molecule has 0 atom stereocenters. The molecule has 2 aliphatic carbocycles. The van der Waals surface area contributed by atoms with Gasteiger partial charge in [0.25, 0.3) is 0 Å². The van der Waals surface area contributed by atoms with Crippen LogP contribution in [0.5, 0.6) is 0 Å². The molecule has 0 spiro atoms. The number of benzene rings is 2. The first-order valence-electron chi connectivity index (χ1n) is 16.9. The molecule has 4 aromatic carbocycles. The molecule has 2 heterocycles. The Hall–Kier alpha value is -3.87. The van der Waals surface area contributed by atoms with Crippen LogP contribution < -0.4 is 0 Å². The minimum absolute atomic E-state index is 0. The first-order valence-corrected chi connectivity index (χ1v) is 16.9. The average molecular weight is 699 g/mol. The van der Waals surface area contributed by atoms with Crippen LogP contribution in [0.3, 0.4) is 0 Å². The fraction of sp³-hybridized carbons (Fsp3) is 0.286. The second-order valence-electron chi connectivity index (χ2n) is 12.2. The molecule has 0 radical (unpaired) electrons. The monoisotopic (exact) mass is 698 g/mol. The molecule has 0 amide bonds. The fourth-order valence-corrected chi connectivity index (χ4v) is 6.10. The third kappa shape index (κ3) is 12.2. The number of aromatic nitrogens is 2. The second-order valence-corrected chi connectivity index (χ2v) is 12.2. The van der Waals surface area contributed by atoms with Crippen LogP contribution in [0.2, 0.25) is 0 Å². The zero-order valence-electron chi connectivity index (χ0n) is 27.8. The standard InChI is InChI=1S/2C16H16F2N.2C5H5.Ti/c2*17-15-6-5-12(16(18)9-15)7-8-19-10-13-3-1-2-4-14(13)11-19;2*1-2-4-5-3-1;/h2*5-6,10-11H,1-4,7-8H2;2*1-5H;/q4*-1;+4. The summed E-state index contributed by atoms with van der Waals surface area (Å²) in [6.07, 6.45) is 19.5. The Morgan fingerprint density at radius 3 is 1.10 bits per heavy atom. The molecule has 0 saturated heterocycles. The Labute approximate surface area is 303 Å². The normalized spacial score (nSPS) is 12.8. The quantitative estimate of drug-likeness (QED) is 0.0931. The Kier molecular flexibility index (Phi) is 15.5. The number of nitrogens with zero attached hydrogens (tertiary/aromatic N) is 2. The summed E-state index contributed by atoms with van der Waals surface area (Å²) in [5, 5.41) is 0. The maximum Gasteiger partial charge on any atom is 4.00 e. The van der Waals surface area contributed by atoms with E-state index in [1.807, 2.05) is 60.7 Å². The van der Waals surface area contributed by atoms with Crippen LogP contribution in [0, 0.1) is 35.4 Å². The Morgan fingerprint density at radius 1 is 0.510 bits per heavy atom. The molecule has 252 valence electrons. The van der Waals surface area contributed by atoms with Crippen LogP contribution in [-0.2, 0) is 73.3 Å². The number of aryl methyl sites for hydroxylation is 8. The summed E-state index contributed by atoms with van der Waals surface area (Å²) in [5.74, 6) is -2.43. The number of halogens is 4. The van der Waals surface area contributed by atoms with Gasteiger partial charge in [0.15, 0.2) is 0 Å². The zero-order valence-corrected chi connectivity index (χ0v) is 29.3. The van der Waals surface area contributed by atoms with E-state index in [4.69, 9.17) is 0 Å². The molecule has 2 aliphatic rings. The summed E-state index contributed by atoms with van der Waals surface area (Å²) in [5.41, 5.74) is 6.76. The molecule has 7 heteroatoms. The SMILES string of the molecule is Fc1[c-]c(F)c(CCn2cc3c(c2)CCCC3)cc1.Fc1[c-]c(F)c(CCn2cc3c(c2)CCCC3)cc1.[Ti+4].c1cc[cH-]c1.c1cc[cH-]c1. The number of fused-ring (bicyclic) bond motifs is 2. The molecule has 2 aromatic heterocycles. The van der Waals surface area contributed by atoms with E-state index in [-0.39, 0.29) is 21.7 Å². The second kappa shape index (κ2) is 20.0. The summed E-state index contributed by atoms with van der Waals surface area (Å²) in [6.45, 7) is 1.45. The van der Waals surface area contributed by atoms with Crippen molar-refractivity contribution >= 4 is 0 Å². The van der Waals surface area contributed by atoms with Crippen molar-refractivity contribution in [2.24, 2.45) is 0 Å². The molecular formula is C42H42F4N2Ti. The predicted molar refractivity (Wildman–Crippen MR) is 184 cm³/mol. The number of hydrogen-bond acceptors (Lipinski definition) is 0. The van der Waals surface area contributed by atoms with Crippen molar-refractivity contribution in [2.45, 2.75) is 77.3 Å². The van der Waals surface area contributed by atoms with E-state index in [1.54, 1.807) is 0 Å². The largest absolute Gasteiger partial charge is 4.00 e. The summed E-state index contributed by atoms with van der Waals surface area (Å²) >= 11 is 0. The minimum atomic E-state index is -0.641. The first kappa shape index (κ1) is 37.9. The van der Waals surface area contributed by atoms with Gasteiger partial charge in [0.05, 0.1) is 0 Å². The summed E-state index contributed by atoms with van der Waals surface area (Å²) in [7, 11) is 0. The van der Waals surface area contributed by atoms with Crippen molar-refractivity contribution in [3.63, 3.8) is 0 Å². The van der Waals surface area contributed by atoms with E-state index in [0.717, 1.165) is 38.8 Å². The van der Waals surface area contributed by atoms with E-state index < -0.39 is 23.3 Å². The summed E-state index contributed by atoms with van der Waals surface area (Å²) < 4.78 is 56.7. The summed E-state index contributed by atoms with van der Waals surface area (Å²) in [4.78, 5) is 0. The molecule has 0 N–H and O–H groups in total. The molecular weight excluding hydrogens is 656 g/mol. The number of hydrogen-bond donors (Lipinski definition) is 0. The smallest absolute Gasteiger partial charge is 0.354 e. The van der Waals surface area contributed by atoms with Gasteiger partial charge in [-0.3, -0.25) is 0 Å². The predicted octanol–water partition coefficient (Wildman–Crippen LogP) is 10.2. The van der Waals surface area contributed by atoms with E-state index >= 15 is 0 Å². The molecule has 0 unspecified atom stereocenters. The first-order chi connectivity index (χ1) is 23.4. The van der Waals surface area contributed by atoms with Crippen molar-refractivity contribution in [3.8, 4) is 0 Å². The molecule has 49 heavy (non-hydrogen) atoms. The van der Waals surface area contributed by atoms with E-state index in [9.17, 15) is 17.6 Å². The van der Waals surface area contributed by atoms with Gasteiger partial charge in [-0.1, -0.05) is 12.8 Å². The average Bonchev–Trinajstić information content (AvgIpc) is 3.92. The van der Waals surface area contributed by atoms with Crippen LogP contribution in [0.25, 0.3) is 0 Å². The van der Waals surface area contributed by atoms with Gasteiger partial charge in [-0.25, -0.2) is 41.8 Å². The van der Waals surface area contributed by atoms with Crippen LogP contribution >= 0.6 is 0 Å². The van der Waals surface area contributed by atoms with E-state index in [2.05, 4.69) is 46.1 Å². The van der Waals surface area contributed by atoms with Gasteiger partial charge in [0, 0.05) is 61.1 Å². The Morgan fingerprint density at radius 2 is 0.837 bits per heavy atom. The van der Waals surface area contributed by atoms with Crippen molar-refractivity contribution in [1.82, 2.24) is 9.13 Å². The molecule has 0 bridgehead atoms. The van der Waals surface area contributed by atoms with Crippen LogP contribution in [0.4, 0.5) is 17.6 Å². The third-order valence-corrected chi connectivity index (χ3v) is 8.67. The van der Waals surface area contributed by atoms with Gasteiger partial charge in [-0.2, -0.15) is 48.5 Å². The topological polar surface area (TPSA) is 9.86 Å². The van der Waals surface area contributed by atoms with Crippen molar-refractivity contribution in [2.75, 3.05) is 0 Å². The maximum absolute atomic E-state index is 13.5. The van der Waals surface area contributed by atoms with Gasteiger partial charge in [0.2, 0.25) is 0 Å². The number of rotatable bonds is 6. The van der Waals surface area contributed by atoms with Gasteiger partial charge in [0.1, 0.15) is 0 Å². The van der Waals surface area contributed by atoms with Gasteiger partial charge in [-0.15, -0.1) is 35.4 Å². The fourth-order valence-electron chi connectivity index (χ4n) is 6.10. The maximum atomic E-state index is 13.5. The molecule has 6 aromatic rings. The molecule has 2 nitrogen and oxygen atoms in total. The van der Waals surface area contributed by atoms with E-state index in [0.29, 0.717) is 24.0 Å². The van der Waals surface area contributed by atoms with Crippen LogP contribution in [-0.4, -0.2) is 9.13 Å². The molecule has 8 rings (SSSR count).